The van der Waals surface area contributed by atoms with Crippen LogP contribution in [-0.4, -0.2) is 74.8 Å². The summed E-state index contributed by atoms with van der Waals surface area (Å²) < 4.78 is 33.7. The van der Waals surface area contributed by atoms with Gasteiger partial charge in [-0.15, -0.1) is 0 Å². The van der Waals surface area contributed by atoms with Crippen LogP contribution >= 0.6 is 0 Å². The molecule has 2 aromatic rings. The lowest BCUT2D eigenvalue weighted by Gasteiger charge is -2.34. The van der Waals surface area contributed by atoms with E-state index in [2.05, 4.69) is 17.0 Å². The van der Waals surface area contributed by atoms with Gasteiger partial charge < -0.3 is 9.64 Å². The fraction of sp³-hybridized carbons (Fsp3) is 0.480. The average molecular weight is 472 g/mol. The van der Waals surface area contributed by atoms with Crippen LogP contribution in [-0.2, 0) is 16.6 Å². The first-order valence-corrected chi connectivity index (χ1v) is 13.2. The Bertz CT molecular complexity index is 1040. The number of hydrogen-bond donors (Lipinski definition) is 0. The summed E-state index contributed by atoms with van der Waals surface area (Å²) in [4.78, 5) is 17.5. The molecule has 0 aromatic heterocycles. The maximum atomic E-state index is 13.4. The highest BCUT2D eigenvalue weighted by Gasteiger charge is 2.30. The Morgan fingerprint density at radius 3 is 2.18 bits per heavy atom. The molecule has 2 fully saturated rings. The molecule has 2 saturated heterocycles. The highest BCUT2D eigenvalue weighted by atomic mass is 32.2. The van der Waals surface area contributed by atoms with E-state index in [0.717, 1.165) is 32.2 Å². The van der Waals surface area contributed by atoms with E-state index in [1.807, 2.05) is 23.1 Å². The van der Waals surface area contributed by atoms with E-state index in [1.165, 1.54) is 23.0 Å². The van der Waals surface area contributed by atoms with E-state index < -0.39 is 10.0 Å². The Kier molecular flexibility index (Phi) is 7.67. The summed E-state index contributed by atoms with van der Waals surface area (Å²) in [5.74, 6) is 0.259. The quantitative estimate of drug-likeness (QED) is 0.647. The van der Waals surface area contributed by atoms with E-state index in [4.69, 9.17) is 4.74 Å². The summed E-state index contributed by atoms with van der Waals surface area (Å²) in [6.45, 7) is 4.40. The number of ether oxygens (including phenoxy) is 1. The van der Waals surface area contributed by atoms with Crippen molar-refractivity contribution in [1.82, 2.24) is 14.1 Å². The molecule has 8 heteroatoms. The van der Waals surface area contributed by atoms with Crippen LogP contribution in [0.3, 0.4) is 0 Å². The van der Waals surface area contributed by atoms with Gasteiger partial charge in [0.1, 0.15) is 5.75 Å². The third-order valence-electron chi connectivity index (χ3n) is 6.51. The van der Waals surface area contributed by atoms with Crippen molar-refractivity contribution in [3.05, 3.63) is 59.7 Å². The Labute approximate surface area is 197 Å². The molecule has 1 amide bonds. The molecular formula is C25H33N3O4S. The van der Waals surface area contributed by atoms with Gasteiger partial charge >= 0.3 is 0 Å². The molecule has 2 aliphatic heterocycles. The number of carbonyl (C=O) groups excluding carboxylic acids is 1. The van der Waals surface area contributed by atoms with Gasteiger partial charge in [-0.25, -0.2) is 8.42 Å². The SMILES string of the molecule is COc1ccc(S(=O)(=O)N2CCN(Cc3ccccc3)CC2)cc1C(=O)N1CCCCCC1. The van der Waals surface area contributed by atoms with Crippen molar-refractivity contribution in [2.45, 2.75) is 37.1 Å². The molecule has 0 radical (unpaired) electrons. The maximum Gasteiger partial charge on any atom is 0.257 e. The van der Waals surface area contributed by atoms with Gasteiger partial charge in [-0.2, -0.15) is 4.31 Å². The summed E-state index contributed by atoms with van der Waals surface area (Å²) in [7, 11) is -2.19. The van der Waals surface area contributed by atoms with Crippen LogP contribution in [0.15, 0.2) is 53.4 Å². The monoisotopic (exact) mass is 471 g/mol. The number of amides is 1. The van der Waals surface area contributed by atoms with Crippen LogP contribution in [0.2, 0.25) is 0 Å². The normalized spacial score (nSPS) is 18.6. The van der Waals surface area contributed by atoms with Gasteiger partial charge in [-0.3, -0.25) is 9.69 Å². The highest BCUT2D eigenvalue weighted by molar-refractivity contribution is 7.89. The molecule has 0 unspecified atom stereocenters. The molecular weight excluding hydrogens is 438 g/mol. The number of rotatable bonds is 6. The molecule has 33 heavy (non-hydrogen) atoms. The minimum Gasteiger partial charge on any atom is -0.496 e. The fourth-order valence-electron chi connectivity index (χ4n) is 4.58. The minimum absolute atomic E-state index is 0.151. The van der Waals surface area contributed by atoms with E-state index in [9.17, 15) is 13.2 Å². The van der Waals surface area contributed by atoms with E-state index in [0.29, 0.717) is 50.6 Å². The van der Waals surface area contributed by atoms with Crippen LogP contribution < -0.4 is 4.74 Å². The summed E-state index contributed by atoms with van der Waals surface area (Å²) in [6, 6.07) is 14.8. The topological polar surface area (TPSA) is 70.2 Å². The summed E-state index contributed by atoms with van der Waals surface area (Å²) in [5.41, 5.74) is 1.55. The number of hydrogen-bond acceptors (Lipinski definition) is 5. The zero-order valence-electron chi connectivity index (χ0n) is 19.3. The largest absolute Gasteiger partial charge is 0.496 e. The van der Waals surface area contributed by atoms with Crippen molar-refractivity contribution in [3.8, 4) is 5.75 Å². The van der Waals surface area contributed by atoms with Crippen molar-refractivity contribution < 1.29 is 17.9 Å². The summed E-state index contributed by atoms with van der Waals surface area (Å²) in [5, 5.41) is 0. The van der Waals surface area contributed by atoms with E-state index in [-0.39, 0.29) is 10.8 Å². The molecule has 7 nitrogen and oxygen atoms in total. The average Bonchev–Trinajstić information content (AvgIpc) is 3.14. The smallest absolute Gasteiger partial charge is 0.257 e. The molecule has 0 bridgehead atoms. The van der Waals surface area contributed by atoms with E-state index in [1.54, 1.807) is 12.1 Å². The third-order valence-corrected chi connectivity index (χ3v) is 8.41. The molecule has 0 spiro atoms. The predicted molar refractivity (Wildman–Crippen MR) is 128 cm³/mol. The molecule has 2 aliphatic rings. The molecule has 2 heterocycles. The molecule has 2 aromatic carbocycles. The van der Waals surface area contributed by atoms with Crippen molar-refractivity contribution in [2.75, 3.05) is 46.4 Å². The first kappa shape index (κ1) is 23.7. The lowest BCUT2D eigenvalue weighted by atomic mass is 10.1. The molecule has 178 valence electrons. The van der Waals surface area contributed by atoms with Crippen LogP contribution in [0.25, 0.3) is 0 Å². The van der Waals surface area contributed by atoms with Gasteiger partial charge in [0.05, 0.1) is 17.6 Å². The summed E-state index contributed by atoms with van der Waals surface area (Å²) in [6.07, 6.45) is 4.18. The fourth-order valence-corrected chi connectivity index (χ4v) is 6.03. The van der Waals surface area contributed by atoms with Crippen LogP contribution in [0, 0.1) is 0 Å². The molecule has 0 aliphatic carbocycles. The Morgan fingerprint density at radius 1 is 0.879 bits per heavy atom. The lowest BCUT2D eigenvalue weighted by Crippen LogP contribution is -2.48. The van der Waals surface area contributed by atoms with Gasteiger partial charge in [0.25, 0.3) is 5.91 Å². The zero-order chi connectivity index (χ0) is 23.3. The van der Waals surface area contributed by atoms with Crippen LogP contribution in [0.4, 0.5) is 0 Å². The number of likely N-dealkylation sites (tertiary alicyclic amines) is 1. The third kappa shape index (κ3) is 5.57. The van der Waals surface area contributed by atoms with E-state index >= 15 is 0 Å². The second-order valence-corrected chi connectivity index (χ2v) is 10.7. The van der Waals surface area contributed by atoms with Crippen molar-refractivity contribution >= 4 is 15.9 Å². The molecule has 0 saturated carbocycles. The number of methoxy groups -OCH3 is 1. The van der Waals surface area contributed by atoms with Gasteiger partial charge in [-0.1, -0.05) is 43.2 Å². The Morgan fingerprint density at radius 2 is 1.55 bits per heavy atom. The first-order valence-electron chi connectivity index (χ1n) is 11.7. The second-order valence-electron chi connectivity index (χ2n) is 8.73. The number of sulfonamides is 1. The standard InChI is InChI=1S/C25H33N3O4S/c1-32-24-12-11-22(19-23(24)25(29)27-13-7-2-3-8-14-27)33(30,31)28-17-15-26(16-18-28)20-21-9-5-4-6-10-21/h4-6,9-12,19H,2-3,7-8,13-18,20H2,1H3. The molecule has 4 rings (SSSR count). The lowest BCUT2D eigenvalue weighted by molar-refractivity contribution is 0.0758. The Hall–Kier alpha value is -2.42. The van der Waals surface area contributed by atoms with Crippen molar-refractivity contribution in [3.63, 3.8) is 0 Å². The van der Waals surface area contributed by atoms with Gasteiger partial charge in [0.15, 0.2) is 0 Å². The second kappa shape index (κ2) is 10.7. The number of piperazine rings is 1. The molecule has 0 atom stereocenters. The van der Waals surface area contributed by atoms with Crippen molar-refractivity contribution in [1.29, 1.82) is 0 Å². The minimum atomic E-state index is -3.70. The highest BCUT2D eigenvalue weighted by Crippen LogP contribution is 2.27. The number of nitrogens with zero attached hydrogens (tertiary/aromatic N) is 3. The van der Waals surface area contributed by atoms with Gasteiger partial charge in [0, 0.05) is 45.8 Å². The molecule has 0 N–H and O–H groups in total. The Balaban J connectivity index is 1.48. The maximum absolute atomic E-state index is 13.4. The zero-order valence-corrected chi connectivity index (χ0v) is 20.1. The first-order chi connectivity index (χ1) is 16.0. The van der Waals surface area contributed by atoms with Crippen molar-refractivity contribution in [2.24, 2.45) is 0 Å². The van der Waals surface area contributed by atoms with Gasteiger partial charge in [-0.05, 0) is 36.6 Å². The summed E-state index contributed by atoms with van der Waals surface area (Å²) >= 11 is 0. The van der Waals surface area contributed by atoms with Crippen LogP contribution in [0.5, 0.6) is 5.75 Å². The van der Waals surface area contributed by atoms with Gasteiger partial charge in [0.2, 0.25) is 10.0 Å². The van der Waals surface area contributed by atoms with Crippen LogP contribution in [0.1, 0.15) is 41.6 Å². The number of benzene rings is 2. The number of carbonyl (C=O) groups is 1. The predicted octanol–water partition coefficient (Wildman–Crippen LogP) is 3.22.